The van der Waals surface area contributed by atoms with E-state index in [-0.39, 0.29) is 0 Å². The van der Waals surface area contributed by atoms with Crippen LogP contribution in [0.25, 0.3) is 88.3 Å². The zero-order valence-electron chi connectivity index (χ0n) is 32.9. The zero-order valence-corrected chi connectivity index (χ0v) is 32.9. The third-order valence-electron chi connectivity index (χ3n) is 11.7. The molecular weight excluding hydrogens is 727 g/mol. The maximum atomic E-state index is 6.46. The van der Waals surface area contributed by atoms with Crippen molar-refractivity contribution in [3.63, 3.8) is 0 Å². The fourth-order valence-corrected chi connectivity index (χ4v) is 8.70. The molecule has 0 fully saturated rings. The summed E-state index contributed by atoms with van der Waals surface area (Å²) < 4.78 is 6.46. The van der Waals surface area contributed by atoms with Crippen LogP contribution in [0.4, 0.5) is 17.1 Å². The van der Waals surface area contributed by atoms with Crippen molar-refractivity contribution >= 4 is 49.6 Å². The van der Waals surface area contributed by atoms with Gasteiger partial charge in [-0.1, -0.05) is 182 Å². The smallest absolute Gasteiger partial charge is 0.136 e. The van der Waals surface area contributed by atoms with E-state index in [0.717, 1.165) is 61.6 Å². The molecule has 0 spiro atoms. The zero-order chi connectivity index (χ0) is 39.8. The predicted molar refractivity (Wildman–Crippen MR) is 253 cm³/mol. The molecule has 60 heavy (non-hydrogen) atoms. The van der Waals surface area contributed by atoms with Crippen molar-refractivity contribution in [3.05, 3.63) is 237 Å². The van der Waals surface area contributed by atoms with Gasteiger partial charge in [-0.2, -0.15) is 0 Å². The second-order valence-corrected chi connectivity index (χ2v) is 15.3. The van der Waals surface area contributed by atoms with Crippen LogP contribution in [0.2, 0.25) is 0 Å². The molecule has 0 unspecified atom stereocenters. The fraction of sp³-hybridized carbons (Fsp3) is 0. The maximum absolute atomic E-state index is 6.46. The molecular formula is C58H39NO. The van der Waals surface area contributed by atoms with Crippen molar-refractivity contribution in [1.82, 2.24) is 0 Å². The maximum Gasteiger partial charge on any atom is 0.136 e. The number of hydrogen-bond acceptors (Lipinski definition) is 2. The van der Waals surface area contributed by atoms with Gasteiger partial charge < -0.3 is 9.32 Å². The summed E-state index contributed by atoms with van der Waals surface area (Å²) in [5, 5.41) is 6.09. The van der Waals surface area contributed by atoms with Crippen LogP contribution < -0.4 is 4.90 Å². The summed E-state index contributed by atoms with van der Waals surface area (Å²) in [6.07, 6.45) is 0. The molecule has 1 aromatic heterocycles. The number of benzene rings is 10. The van der Waals surface area contributed by atoms with Crippen LogP contribution in [-0.2, 0) is 0 Å². The Labute approximate surface area is 349 Å². The molecule has 0 saturated carbocycles. The Bertz CT molecular complexity index is 3120. The highest BCUT2D eigenvalue weighted by molar-refractivity contribution is 5.98. The molecule has 0 N–H and O–H groups in total. The molecule has 0 radical (unpaired) electrons. The molecule has 0 saturated heterocycles. The number of nitrogens with zero attached hydrogens (tertiary/aromatic N) is 1. The van der Waals surface area contributed by atoms with Gasteiger partial charge in [0.15, 0.2) is 0 Å². The third kappa shape index (κ3) is 6.51. The monoisotopic (exact) mass is 765 g/mol. The molecule has 0 bridgehead atoms. The van der Waals surface area contributed by atoms with Crippen molar-refractivity contribution < 1.29 is 4.42 Å². The normalized spacial score (nSPS) is 11.3. The summed E-state index contributed by atoms with van der Waals surface area (Å²) in [6, 6.07) is 84.8. The van der Waals surface area contributed by atoms with Crippen LogP contribution in [0, 0.1) is 0 Å². The molecule has 1 heterocycles. The highest BCUT2D eigenvalue weighted by atomic mass is 16.3. The van der Waals surface area contributed by atoms with Gasteiger partial charge in [-0.3, -0.25) is 0 Å². The van der Waals surface area contributed by atoms with Crippen molar-refractivity contribution in [2.75, 3.05) is 4.90 Å². The molecule has 0 atom stereocenters. The lowest BCUT2D eigenvalue weighted by Crippen LogP contribution is -2.09. The van der Waals surface area contributed by atoms with E-state index < -0.39 is 0 Å². The number of hydrogen-bond donors (Lipinski definition) is 0. The van der Waals surface area contributed by atoms with Crippen molar-refractivity contribution in [2.24, 2.45) is 0 Å². The SMILES string of the molecule is c1ccc(-c2ccc(-c3ccc(N(c4ccc(-c5cccc6ccccc56)cc4)c4ccc(-c5cccc6ccccc56)cc4)cc3)cc2-c2cc3ccccc3o2)cc1. The Kier molecular flexibility index (Phi) is 8.87. The quantitative estimate of drug-likeness (QED) is 0.153. The van der Waals surface area contributed by atoms with Crippen LogP contribution in [-0.4, -0.2) is 0 Å². The fourth-order valence-electron chi connectivity index (χ4n) is 8.70. The van der Waals surface area contributed by atoms with Gasteiger partial charge in [0.1, 0.15) is 11.3 Å². The minimum Gasteiger partial charge on any atom is -0.456 e. The first-order chi connectivity index (χ1) is 29.7. The van der Waals surface area contributed by atoms with Gasteiger partial charge in [0, 0.05) is 28.0 Å². The molecule has 11 rings (SSSR count). The highest BCUT2D eigenvalue weighted by Crippen LogP contribution is 2.41. The van der Waals surface area contributed by atoms with E-state index in [0.29, 0.717) is 0 Å². The second-order valence-electron chi connectivity index (χ2n) is 15.3. The number of para-hydroxylation sites is 1. The number of furan rings is 1. The predicted octanol–water partition coefficient (Wildman–Crippen LogP) is 16.5. The van der Waals surface area contributed by atoms with Crippen LogP contribution >= 0.6 is 0 Å². The lowest BCUT2D eigenvalue weighted by atomic mass is 9.93. The summed E-state index contributed by atoms with van der Waals surface area (Å²) in [5.74, 6) is 0.860. The Morgan fingerprint density at radius 2 is 0.717 bits per heavy atom. The molecule has 0 aliphatic carbocycles. The molecule has 2 heteroatoms. The largest absolute Gasteiger partial charge is 0.456 e. The van der Waals surface area contributed by atoms with E-state index in [1.807, 2.05) is 12.1 Å². The van der Waals surface area contributed by atoms with Gasteiger partial charge in [-0.15, -0.1) is 0 Å². The summed E-state index contributed by atoms with van der Waals surface area (Å²) in [4.78, 5) is 2.35. The first-order valence-electron chi connectivity index (χ1n) is 20.5. The molecule has 0 aliphatic heterocycles. The Morgan fingerprint density at radius 3 is 1.28 bits per heavy atom. The van der Waals surface area contributed by atoms with Crippen molar-refractivity contribution in [3.8, 4) is 55.8 Å². The molecule has 11 aromatic rings. The summed E-state index contributed by atoms with van der Waals surface area (Å²) in [6.45, 7) is 0. The number of anilines is 3. The average molecular weight is 766 g/mol. The van der Waals surface area contributed by atoms with Crippen LogP contribution in [0.15, 0.2) is 241 Å². The summed E-state index contributed by atoms with van der Waals surface area (Å²) >= 11 is 0. The van der Waals surface area contributed by atoms with E-state index in [1.165, 1.54) is 43.8 Å². The van der Waals surface area contributed by atoms with Gasteiger partial charge in [-0.05, 0) is 121 Å². The molecule has 282 valence electrons. The second kappa shape index (κ2) is 15.1. The Hall–Kier alpha value is -7.94. The molecule has 0 aliphatic rings. The van der Waals surface area contributed by atoms with Gasteiger partial charge in [0.05, 0.1) is 0 Å². The lowest BCUT2D eigenvalue weighted by Gasteiger charge is -2.26. The standard InChI is InChI=1S/C58H39NO/c1-2-12-41(13-3-1)55-37-30-46(38-56(55)58-39-47-16-6-9-23-57(47)60-58)40-24-31-48(32-25-40)59(49-33-26-44(27-34-49)53-21-10-17-42-14-4-7-19-51(42)53)50-35-28-45(29-36-50)54-22-11-18-43-15-5-8-20-52(43)54/h1-39H. The van der Waals surface area contributed by atoms with Gasteiger partial charge in [-0.25, -0.2) is 0 Å². The van der Waals surface area contributed by atoms with Gasteiger partial charge in [0.2, 0.25) is 0 Å². The van der Waals surface area contributed by atoms with E-state index in [4.69, 9.17) is 4.42 Å². The third-order valence-corrected chi connectivity index (χ3v) is 11.7. The summed E-state index contributed by atoms with van der Waals surface area (Å²) in [5.41, 5.74) is 14.6. The van der Waals surface area contributed by atoms with E-state index >= 15 is 0 Å². The van der Waals surface area contributed by atoms with Crippen molar-refractivity contribution in [2.45, 2.75) is 0 Å². The van der Waals surface area contributed by atoms with Crippen LogP contribution in [0.1, 0.15) is 0 Å². The Morgan fingerprint density at radius 1 is 0.267 bits per heavy atom. The van der Waals surface area contributed by atoms with Crippen LogP contribution in [0.3, 0.4) is 0 Å². The number of fused-ring (bicyclic) bond motifs is 3. The van der Waals surface area contributed by atoms with Gasteiger partial charge >= 0.3 is 0 Å². The minimum absolute atomic E-state index is 0.860. The molecule has 0 amide bonds. The van der Waals surface area contributed by atoms with Crippen LogP contribution in [0.5, 0.6) is 0 Å². The first-order valence-corrected chi connectivity index (χ1v) is 20.5. The summed E-state index contributed by atoms with van der Waals surface area (Å²) in [7, 11) is 0. The first kappa shape index (κ1) is 35.2. The molecule has 2 nitrogen and oxygen atoms in total. The van der Waals surface area contributed by atoms with Crippen molar-refractivity contribution in [1.29, 1.82) is 0 Å². The Balaban J connectivity index is 0.989. The number of rotatable bonds is 8. The van der Waals surface area contributed by atoms with E-state index in [1.54, 1.807) is 0 Å². The molecule has 10 aromatic carbocycles. The minimum atomic E-state index is 0.860. The highest BCUT2D eigenvalue weighted by Gasteiger charge is 2.17. The van der Waals surface area contributed by atoms with E-state index in [2.05, 4.69) is 229 Å². The van der Waals surface area contributed by atoms with Gasteiger partial charge in [0.25, 0.3) is 0 Å². The lowest BCUT2D eigenvalue weighted by molar-refractivity contribution is 0.632. The van der Waals surface area contributed by atoms with E-state index in [9.17, 15) is 0 Å². The average Bonchev–Trinajstić information content (AvgIpc) is 3.77. The topological polar surface area (TPSA) is 16.4 Å².